The van der Waals surface area contributed by atoms with Gasteiger partial charge in [0.2, 0.25) is 0 Å². The van der Waals surface area contributed by atoms with E-state index in [0.717, 1.165) is 13.1 Å². The van der Waals surface area contributed by atoms with Gasteiger partial charge in [-0.15, -0.1) is 0 Å². The van der Waals surface area contributed by atoms with Crippen LogP contribution in [0.2, 0.25) is 0 Å². The summed E-state index contributed by atoms with van der Waals surface area (Å²) in [6, 6.07) is 1.49. The Bertz CT molecular complexity index is 412. The highest BCUT2D eigenvalue weighted by Gasteiger charge is 2.10. The molecule has 0 fully saturated rings. The van der Waals surface area contributed by atoms with Crippen molar-refractivity contribution in [2.24, 2.45) is 0 Å². The maximum Gasteiger partial charge on any atom is 0.338 e. The van der Waals surface area contributed by atoms with Gasteiger partial charge in [0.1, 0.15) is 10.5 Å². The van der Waals surface area contributed by atoms with Crippen LogP contribution >= 0.6 is 12.2 Å². The number of anilines is 1. The number of H-pyrrole nitrogens is 1. The fourth-order valence-corrected chi connectivity index (χ4v) is 1.46. The lowest BCUT2D eigenvalue weighted by atomic mass is 10.3. The van der Waals surface area contributed by atoms with Crippen molar-refractivity contribution in [2.75, 3.05) is 18.0 Å². The summed E-state index contributed by atoms with van der Waals surface area (Å²) in [6.07, 6.45) is 0. The third-order valence-corrected chi connectivity index (χ3v) is 2.42. The highest BCUT2D eigenvalue weighted by atomic mass is 32.1. The Labute approximate surface area is 92.7 Å². The molecule has 0 aromatic carbocycles. The van der Waals surface area contributed by atoms with Gasteiger partial charge in [0.05, 0.1) is 5.56 Å². The smallest absolute Gasteiger partial charge is 0.338 e. The minimum atomic E-state index is -1.04. The molecule has 5 nitrogen and oxygen atoms in total. The van der Waals surface area contributed by atoms with Gasteiger partial charge in [-0.3, -0.25) is 5.10 Å². The molecule has 0 aliphatic rings. The first-order valence-electron chi connectivity index (χ1n) is 4.68. The van der Waals surface area contributed by atoms with Crippen LogP contribution < -0.4 is 4.90 Å². The first kappa shape index (κ1) is 11.6. The lowest BCUT2D eigenvalue weighted by Crippen LogP contribution is -2.23. The number of aromatic nitrogens is 2. The fraction of sp³-hybridized carbons (Fsp3) is 0.444. The fourth-order valence-electron chi connectivity index (χ4n) is 1.26. The first-order valence-corrected chi connectivity index (χ1v) is 5.08. The summed E-state index contributed by atoms with van der Waals surface area (Å²) in [7, 11) is 0. The van der Waals surface area contributed by atoms with E-state index in [1.165, 1.54) is 6.07 Å². The molecule has 0 amide bonds. The Morgan fingerprint density at radius 3 is 2.67 bits per heavy atom. The second-order valence-corrected chi connectivity index (χ2v) is 3.35. The molecule has 1 aromatic rings. The standard InChI is InChI=1S/C9H13N3O2S/c1-3-12(4-2)7-5-6(9(13)14)8(15)11-10-7/h5H,3-4H2,1-2H3,(H,11,15)(H,13,14). The van der Waals surface area contributed by atoms with Crippen molar-refractivity contribution in [1.29, 1.82) is 0 Å². The predicted molar refractivity (Wildman–Crippen MR) is 59.9 cm³/mol. The maximum atomic E-state index is 10.8. The van der Waals surface area contributed by atoms with Crippen LogP contribution in [0.1, 0.15) is 24.2 Å². The van der Waals surface area contributed by atoms with E-state index in [4.69, 9.17) is 17.3 Å². The summed E-state index contributed by atoms with van der Waals surface area (Å²) < 4.78 is 0.151. The van der Waals surface area contributed by atoms with Crippen LogP contribution in [0.5, 0.6) is 0 Å². The minimum Gasteiger partial charge on any atom is -0.478 e. The number of nitrogens with one attached hydrogen (secondary N) is 1. The summed E-state index contributed by atoms with van der Waals surface area (Å²) in [5.74, 6) is -0.432. The molecule has 0 radical (unpaired) electrons. The van der Waals surface area contributed by atoms with E-state index in [1.54, 1.807) is 0 Å². The number of aromatic carboxylic acids is 1. The van der Waals surface area contributed by atoms with Crippen LogP contribution in [0.15, 0.2) is 6.07 Å². The van der Waals surface area contributed by atoms with E-state index in [9.17, 15) is 4.79 Å². The van der Waals surface area contributed by atoms with E-state index in [2.05, 4.69) is 10.2 Å². The molecule has 0 bridgehead atoms. The summed E-state index contributed by atoms with van der Waals surface area (Å²) >= 11 is 4.83. The molecular formula is C9H13N3O2S. The van der Waals surface area contributed by atoms with E-state index in [0.29, 0.717) is 5.82 Å². The number of carbonyl (C=O) groups is 1. The zero-order valence-electron chi connectivity index (χ0n) is 8.65. The van der Waals surface area contributed by atoms with Gasteiger partial charge in [-0.25, -0.2) is 4.79 Å². The van der Waals surface area contributed by atoms with Gasteiger partial charge >= 0.3 is 5.97 Å². The van der Waals surface area contributed by atoms with Gasteiger partial charge in [-0.1, -0.05) is 12.2 Å². The number of rotatable bonds is 4. The molecule has 0 saturated carbocycles. The molecule has 1 rings (SSSR count). The molecule has 0 aliphatic carbocycles. The summed E-state index contributed by atoms with van der Waals surface area (Å²) in [5.41, 5.74) is 0.0851. The molecular weight excluding hydrogens is 214 g/mol. The summed E-state index contributed by atoms with van der Waals surface area (Å²) in [4.78, 5) is 12.8. The molecule has 82 valence electrons. The Balaban J connectivity index is 3.17. The van der Waals surface area contributed by atoms with Gasteiger partial charge in [-0.2, -0.15) is 5.10 Å². The Morgan fingerprint density at radius 2 is 2.20 bits per heavy atom. The van der Waals surface area contributed by atoms with Crippen LogP contribution in [0.25, 0.3) is 0 Å². The zero-order chi connectivity index (χ0) is 11.4. The Hall–Kier alpha value is -1.43. The second-order valence-electron chi connectivity index (χ2n) is 2.95. The van der Waals surface area contributed by atoms with Crippen LogP contribution in [0.3, 0.4) is 0 Å². The van der Waals surface area contributed by atoms with E-state index < -0.39 is 5.97 Å². The molecule has 1 aromatic heterocycles. The van der Waals surface area contributed by atoms with Crippen LogP contribution in [-0.4, -0.2) is 34.4 Å². The van der Waals surface area contributed by atoms with Crippen molar-refractivity contribution in [1.82, 2.24) is 10.2 Å². The quantitative estimate of drug-likeness (QED) is 0.766. The highest BCUT2D eigenvalue weighted by Crippen LogP contribution is 2.11. The average Bonchev–Trinajstić information content (AvgIpc) is 2.21. The highest BCUT2D eigenvalue weighted by molar-refractivity contribution is 7.71. The SMILES string of the molecule is CCN(CC)c1cc(C(=O)O)c(=S)[nH]n1. The summed E-state index contributed by atoms with van der Waals surface area (Å²) in [6.45, 7) is 5.50. The van der Waals surface area contributed by atoms with Crippen molar-refractivity contribution in [2.45, 2.75) is 13.8 Å². The monoisotopic (exact) mass is 227 g/mol. The molecule has 1 heterocycles. The zero-order valence-corrected chi connectivity index (χ0v) is 9.47. The molecule has 0 atom stereocenters. The number of aromatic amines is 1. The lowest BCUT2D eigenvalue weighted by Gasteiger charge is -2.19. The molecule has 2 N–H and O–H groups in total. The van der Waals surface area contributed by atoms with E-state index in [1.807, 2.05) is 18.7 Å². The molecule has 0 spiro atoms. The number of carboxylic acid groups (broad SMARTS) is 1. The van der Waals surface area contributed by atoms with Crippen molar-refractivity contribution >= 4 is 24.0 Å². The van der Waals surface area contributed by atoms with Crippen molar-refractivity contribution in [3.05, 3.63) is 16.3 Å². The van der Waals surface area contributed by atoms with E-state index >= 15 is 0 Å². The second kappa shape index (κ2) is 4.88. The van der Waals surface area contributed by atoms with Crippen LogP contribution in [-0.2, 0) is 0 Å². The van der Waals surface area contributed by atoms with Gasteiger partial charge in [0, 0.05) is 13.1 Å². The Kier molecular flexibility index (Phi) is 3.79. The number of hydrogen-bond donors (Lipinski definition) is 2. The van der Waals surface area contributed by atoms with Crippen molar-refractivity contribution in [3.63, 3.8) is 0 Å². The van der Waals surface area contributed by atoms with Gasteiger partial charge in [-0.05, 0) is 19.9 Å². The normalized spacial score (nSPS) is 10.0. The van der Waals surface area contributed by atoms with Crippen molar-refractivity contribution < 1.29 is 9.90 Å². The van der Waals surface area contributed by atoms with Crippen LogP contribution in [0.4, 0.5) is 5.82 Å². The maximum absolute atomic E-state index is 10.8. The van der Waals surface area contributed by atoms with Gasteiger partial charge in [0.25, 0.3) is 0 Å². The van der Waals surface area contributed by atoms with Gasteiger partial charge in [0.15, 0.2) is 0 Å². The Morgan fingerprint density at radius 1 is 1.60 bits per heavy atom. The topological polar surface area (TPSA) is 69.2 Å². The molecule has 0 unspecified atom stereocenters. The third kappa shape index (κ3) is 2.53. The third-order valence-electron chi connectivity index (χ3n) is 2.11. The molecule has 0 saturated heterocycles. The summed E-state index contributed by atoms with van der Waals surface area (Å²) in [5, 5.41) is 15.4. The van der Waals surface area contributed by atoms with E-state index in [-0.39, 0.29) is 10.2 Å². The minimum absolute atomic E-state index is 0.0851. The first-order chi connectivity index (χ1) is 7.10. The van der Waals surface area contributed by atoms with Crippen LogP contribution in [0, 0.1) is 4.64 Å². The average molecular weight is 227 g/mol. The predicted octanol–water partition coefficient (Wildman–Crippen LogP) is 1.68. The largest absolute Gasteiger partial charge is 0.478 e. The molecule has 6 heteroatoms. The molecule has 0 aliphatic heterocycles. The number of carboxylic acids is 1. The van der Waals surface area contributed by atoms with Gasteiger partial charge < -0.3 is 10.0 Å². The number of nitrogens with zero attached hydrogens (tertiary/aromatic N) is 2. The number of hydrogen-bond acceptors (Lipinski definition) is 4. The lowest BCUT2D eigenvalue weighted by molar-refractivity contribution is 0.0695. The molecule has 15 heavy (non-hydrogen) atoms. The van der Waals surface area contributed by atoms with Crippen molar-refractivity contribution in [3.8, 4) is 0 Å².